The molecule has 0 amide bonds. The van der Waals surface area contributed by atoms with E-state index < -0.39 is 36.0 Å². The van der Waals surface area contributed by atoms with Crippen molar-refractivity contribution in [3.8, 4) is 5.69 Å². The van der Waals surface area contributed by atoms with Crippen LogP contribution in [0, 0.1) is 11.6 Å². The summed E-state index contributed by atoms with van der Waals surface area (Å²) in [7, 11) is 0. The molecule has 2 N–H and O–H groups in total. The molecule has 0 aliphatic carbocycles. The minimum absolute atomic E-state index is 0.0197. The fourth-order valence-corrected chi connectivity index (χ4v) is 6.15. The molecule has 0 spiro atoms. The third-order valence-electron chi connectivity index (χ3n) is 7.67. The summed E-state index contributed by atoms with van der Waals surface area (Å²) < 4.78 is 76.5. The Labute approximate surface area is 258 Å². The van der Waals surface area contributed by atoms with Gasteiger partial charge in [-0.1, -0.05) is 11.6 Å². The number of nitrogens with zero attached hydrogens (tertiary/aromatic N) is 5. The van der Waals surface area contributed by atoms with Gasteiger partial charge in [-0.25, -0.2) is 13.8 Å². The second kappa shape index (κ2) is 11.7. The van der Waals surface area contributed by atoms with Crippen LogP contribution in [0.4, 0.5) is 27.6 Å². The molecule has 8 nitrogen and oxygen atoms in total. The van der Waals surface area contributed by atoms with Gasteiger partial charge < -0.3 is 15.4 Å². The highest BCUT2D eigenvalue weighted by Crippen LogP contribution is 2.33. The summed E-state index contributed by atoms with van der Waals surface area (Å²) in [5.74, 6) is -1.65. The molecule has 3 aromatic carbocycles. The van der Waals surface area contributed by atoms with Crippen molar-refractivity contribution >= 4 is 39.1 Å². The van der Waals surface area contributed by atoms with Crippen molar-refractivity contribution in [1.29, 1.82) is 0 Å². The summed E-state index contributed by atoms with van der Waals surface area (Å²) in [6.07, 6.45) is -3.64. The largest absolute Gasteiger partial charge is 0.408 e. The van der Waals surface area contributed by atoms with E-state index in [1.165, 1.54) is 18.3 Å². The van der Waals surface area contributed by atoms with E-state index in [1.54, 1.807) is 18.2 Å². The summed E-state index contributed by atoms with van der Waals surface area (Å²) in [6, 6.07) is 9.82. The number of anilines is 1. The fraction of sp³-hybridized carbons (Fsp3) is 0.323. The lowest BCUT2D eigenvalue weighted by molar-refractivity contribution is -0.141. The van der Waals surface area contributed by atoms with Crippen molar-refractivity contribution in [3.05, 3.63) is 93.1 Å². The SMILES string of the molecule is C[C@@H]1CN(c2ccc3c(=O)n(-c4ccc(Cl)c5cnn(CC(F)(F)F)c45)c([C@H](N)Cc4cc(F)cc(F)c4)nc3c2)C[C@H](C)O1. The molecule has 1 saturated heterocycles. The molecule has 2 aromatic heterocycles. The molecule has 0 unspecified atom stereocenters. The van der Waals surface area contributed by atoms with E-state index in [0.29, 0.717) is 23.3 Å². The minimum Gasteiger partial charge on any atom is -0.372 e. The van der Waals surface area contributed by atoms with Crippen molar-refractivity contribution < 1.29 is 26.7 Å². The lowest BCUT2D eigenvalue weighted by atomic mass is 10.0. The van der Waals surface area contributed by atoms with Gasteiger partial charge in [-0.15, -0.1) is 0 Å². The van der Waals surface area contributed by atoms with Gasteiger partial charge in [0.1, 0.15) is 24.0 Å². The van der Waals surface area contributed by atoms with E-state index in [-0.39, 0.29) is 57.0 Å². The van der Waals surface area contributed by atoms with E-state index in [1.807, 2.05) is 13.8 Å². The van der Waals surface area contributed by atoms with Crippen LogP contribution in [-0.4, -0.2) is 50.8 Å². The molecule has 6 rings (SSSR count). The van der Waals surface area contributed by atoms with Gasteiger partial charge in [0.05, 0.1) is 51.6 Å². The molecule has 236 valence electrons. The Kier molecular flexibility index (Phi) is 8.04. The molecule has 1 aliphatic rings. The third kappa shape index (κ3) is 6.24. The summed E-state index contributed by atoms with van der Waals surface area (Å²) in [4.78, 5) is 21.2. The first-order valence-electron chi connectivity index (χ1n) is 14.2. The zero-order valence-electron chi connectivity index (χ0n) is 24.2. The molecule has 1 fully saturated rings. The first kappa shape index (κ1) is 30.9. The number of aromatic nitrogens is 4. The van der Waals surface area contributed by atoms with E-state index in [2.05, 4.69) is 10.00 Å². The number of hydrogen-bond donors (Lipinski definition) is 1. The Bertz CT molecular complexity index is 1950. The number of ether oxygens (including phenoxy) is 1. The van der Waals surface area contributed by atoms with Gasteiger partial charge >= 0.3 is 6.18 Å². The fourth-order valence-electron chi connectivity index (χ4n) is 5.95. The van der Waals surface area contributed by atoms with E-state index in [4.69, 9.17) is 27.1 Å². The number of alkyl halides is 3. The van der Waals surface area contributed by atoms with Crippen molar-refractivity contribution in [1.82, 2.24) is 19.3 Å². The van der Waals surface area contributed by atoms with Gasteiger partial charge in [0.2, 0.25) is 0 Å². The van der Waals surface area contributed by atoms with E-state index in [0.717, 1.165) is 28.5 Å². The van der Waals surface area contributed by atoms with Crippen LogP contribution < -0.4 is 16.2 Å². The summed E-state index contributed by atoms with van der Waals surface area (Å²) >= 11 is 6.34. The molecule has 0 saturated carbocycles. The highest BCUT2D eigenvalue weighted by atomic mass is 35.5. The number of rotatable bonds is 6. The molecule has 1 aliphatic heterocycles. The average molecular weight is 647 g/mol. The average Bonchev–Trinajstić information content (AvgIpc) is 3.35. The Morgan fingerprint density at radius 2 is 1.71 bits per heavy atom. The van der Waals surface area contributed by atoms with E-state index in [9.17, 15) is 26.7 Å². The van der Waals surface area contributed by atoms with Crippen molar-refractivity contribution in [2.75, 3.05) is 18.0 Å². The normalized spacial score (nSPS) is 18.2. The Morgan fingerprint density at radius 3 is 2.38 bits per heavy atom. The highest BCUT2D eigenvalue weighted by Gasteiger charge is 2.31. The van der Waals surface area contributed by atoms with Crippen molar-refractivity contribution in [3.63, 3.8) is 0 Å². The summed E-state index contributed by atoms with van der Waals surface area (Å²) in [5, 5.41) is 4.40. The smallest absolute Gasteiger partial charge is 0.372 e. The van der Waals surface area contributed by atoms with Gasteiger partial charge in [-0.2, -0.15) is 18.3 Å². The second-order valence-corrected chi connectivity index (χ2v) is 11.7. The quantitative estimate of drug-likeness (QED) is 0.225. The van der Waals surface area contributed by atoms with Crippen LogP contribution >= 0.6 is 11.6 Å². The van der Waals surface area contributed by atoms with Gasteiger partial charge in [-0.3, -0.25) is 14.0 Å². The molecule has 3 atom stereocenters. The van der Waals surface area contributed by atoms with Crippen LogP contribution in [0.25, 0.3) is 27.5 Å². The van der Waals surface area contributed by atoms with Crippen molar-refractivity contribution in [2.45, 2.75) is 51.2 Å². The maximum absolute atomic E-state index is 14.3. The first-order chi connectivity index (χ1) is 21.3. The predicted octanol–water partition coefficient (Wildman–Crippen LogP) is 6.09. The molecule has 14 heteroatoms. The number of nitrogens with two attached hydrogens (primary N) is 1. The van der Waals surface area contributed by atoms with Gasteiger partial charge in [-0.05, 0) is 68.3 Å². The summed E-state index contributed by atoms with van der Waals surface area (Å²) in [5.41, 5.74) is 7.26. The molecule has 5 aromatic rings. The zero-order chi connectivity index (χ0) is 32.2. The molecular formula is C31H28ClF5N6O2. The van der Waals surface area contributed by atoms with Gasteiger partial charge in [0, 0.05) is 30.2 Å². The van der Waals surface area contributed by atoms with Crippen LogP contribution in [0.3, 0.4) is 0 Å². The maximum atomic E-state index is 14.3. The van der Waals surface area contributed by atoms with Crippen LogP contribution in [0.15, 0.2) is 59.5 Å². The van der Waals surface area contributed by atoms with Crippen LogP contribution in [-0.2, 0) is 17.7 Å². The topological polar surface area (TPSA) is 91.2 Å². The highest BCUT2D eigenvalue weighted by molar-refractivity contribution is 6.35. The third-order valence-corrected chi connectivity index (χ3v) is 8.00. The predicted molar refractivity (Wildman–Crippen MR) is 161 cm³/mol. The van der Waals surface area contributed by atoms with Gasteiger partial charge in [0.15, 0.2) is 0 Å². The molecule has 0 radical (unpaired) electrons. The minimum atomic E-state index is -4.63. The first-order valence-corrected chi connectivity index (χ1v) is 14.5. The lowest BCUT2D eigenvalue weighted by Crippen LogP contribution is -2.45. The monoisotopic (exact) mass is 646 g/mol. The van der Waals surface area contributed by atoms with Crippen LogP contribution in [0.1, 0.15) is 31.3 Å². The number of morpholine rings is 1. The van der Waals surface area contributed by atoms with Gasteiger partial charge in [0.25, 0.3) is 5.56 Å². The molecule has 3 heterocycles. The Balaban J connectivity index is 1.58. The standard InChI is InChI=1S/C31H28ClF5N6O2/c1-16-13-41(14-17(2)45-16)21-3-4-22-26(11-21)40-29(25(38)9-18-7-19(33)10-20(34)8-18)43(30(22)44)27-6-5-24(32)23-12-39-42(28(23)27)15-31(35,36)37/h3-8,10-12,16-17,25H,9,13-15,38H2,1-2H3/t16-,17+,25-/m1/s1. The number of benzene rings is 3. The van der Waals surface area contributed by atoms with E-state index >= 15 is 0 Å². The molecule has 0 bridgehead atoms. The zero-order valence-corrected chi connectivity index (χ0v) is 24.9. The number of fused-ring (bicyclic) bond motifs is 2. The van der Waals surface area contributed by atoms with Crippen LogP contribution in [0.2, 0.25) is 5.02 Å². The number of hydrogen-bond acceptors (Lipinski definition) is 6. The Hall–Kier alpha value is -4.07. The van der Waals surface area contributed by atoms with Crippen LogP contribution in [0.5, 0.6) is 0 Å². The van der Waals surface area contributed by atoms with Crippen molar-refractivity contribution in [2.24, 2.45) is 5.73 Å². The maximum Gasteiger partial charge on any atom is 0.408 e. The lowest BCUT2D eigenvalue weighted by Gasteiger charge is -2.37. The summed E-state index contributed by atoms with van der Waals surface area (Å²) in [6.45, 7) is 3.70. The molecular weight excluding hydrogens is 619 g/mol. The molecule has 45 heavy (non-hydrogen) atoms. The number of halogens is 6. The second-order valence-electron chi connectivity index (χ2n) is 11.3. The Morgan fingerprint density at radius 1 is 1.02 bits per heavy atom.